The van der Waals surface area contributed by atoms with Crippen molar-refractivity contribution in [2.75, 3.05) is 6.26 Å². The first-order chi connectivity index (χ1) is 12.5. The molecule has 0 saturated carbocycles. The topological polar surface area (TPSA) is 39.1 Å². The number of nitrogens with zero attached hydrogens (tertiary/aromatic N) is 1. The normalized spacial score (nSPS) is 12.4. The average Bonchev–Trinajstić information content (AvgIpc) is 2.92. The van der Waals surface area contributed by atoms with Gasteiger partial charge in [-0.3, -0.25) is 0 Å². The van der Waals surface area contributed by atoms with Crippen molar-refractivity contribution in [2.45, 2.75) is 11.1 Å². The van der Waals surface area contributed by atoms with Crippen molar-refractivity contribution in [1.82, 2.24) is 4.57 Å². The Morgan fingerprint density at radius 2 is 1.41 bits per heavy atom. The molecule has 0 aliphatic rings. The van der Waals surface area contributed by atoms with Gasteiger partial charge in [-0.05, 0) is 41.5 Å². The summed E-state index contributed by atoms with van der Waals surface area (Å²) in [5, 5.41) is 0. The summed E-state index contributed by atoms with van der Waals surface area (Å²) in [6.07, 6.45) is -3.52. The van der Waals surface area contributed by atoms with Gasteiger partial charge in [0.1, 0.15) is 11.5 Å². The molecule has 0 aliphatic heterocycles. The highest BCUT2D eigenvalue weighted by Crippen LogP contribution is 2.40. The van der Waals surface area contributed by atoms with E-state index in [-0.39, 0.29) is 16.2 Å². The molecule has 3 rings (SSSR count). The van der Waals surface area contributed by atoms with Gasteiger partial charge in [-0.15, -0.1) is 0 Å². The molecule has 0 spiro atoms. The molecule has 0 unspecified atom stereocenters. The number of sulfone groups is 1. The third-order valence-corrected chi connectivity index (χ3v) is 5.36. The second-order valence-electron chi connectivity index (χ2n) is 6.15. The van der Waals surface area contributed by atoms with E-state index in [1.807, 2.05) is 0 Å². The van der Waals surface area contributed by atoms with E-state index < -0.39 is 27.5 Å². The minimum absolute atomic E-state index is 0.0693. The van der Waals surface area contributed by atoms with E-state index >= 15 is 0 Å². The summed E-state index contributed by atoms with van der Waals surface area (Å²) in [4.78, 5) is 0.0693. The highest BCUT2D eigenvalue weighted by molar-refractivity contribution is 7.90. The number of aromatic nitrogens is 1. The van der Waals surface area contributed by atoms with Gasteiger partial charge < -0.3 is 4.57 Å². The van der Waals surface area contributed by atoms with Crippen LogP contribution in [0.1, 0.15) is 5.69 Å². The molecule has 0 radical (unpaired) electrons. The molecular formula is C19H15F4NO2S. The van der Waals surface area contributed by atoms with Crippen LogP contribution in [-0.2, 0) is 23.1 Å². The van der Waals surface area contributed by atoms with E-state index in [2.05, 4.69) is 0 Å². The minimum Gasteiger partial charge on any atom is -0.340 e. The predicted octanol–water partition coefficient (Wildman–Crippen LogP) is 4.92. The Balaban J connectivity index is 2.24. The lowest BCUT2D eigenvalue weighted by molar-refractivity contribution is -0.142. The van der Waals surface area contributed by atoms with E-state index in [1.54, 1.807) is 0 Å². The summed E-state index contributed by atoms with van der Waals surface area (Å²) in [6, 6.07) is 11.8. The number of halogens is 4. The first kappa shape index (κ1) is 19.2. The maximum atomic E-state index is 13.4. The SMILES string of the molecule is Cn1c(C(F)(F)F)cc(-c2ccc(F)cc2)c1-c1ccc(S(C)(=O)=O)cc1. The molecule has 0 atom stereocenters. The van der Waals surface area contributed by atoms with Crippen LogP contribution in [0.2, 0.25) is 0 Å². The fourth-order valence-electron chi connectivity index (χ4n) is 2.93. The molecule has 3 nitrogen and oxygen atoms in total. The molecule has 1 aromatic heterocycles. The van der Waals surface area contributed by atoms with Crippen LogP contribution in [0.3, 0.4) is 0 Å². The molecule has 1 heterocycles. The van der Waals surface area contributed by atoms with Crippen molar-refractivity contribution in [3.8, 4) is 22.4 Å². The molecule has 0 bridgehead atoms. The Morgan fingerprint density at radius 1 is 0.889 bits per heavy atom. The highest BCUT2D eigenvalue weighted by atomic mass is 32.2. The average molecular weight is 397 g/mol. The van der Waals surface area contributed by atoms with Crippen molar-refractivity contribution in [3.05, 3.63) is 66.1 Å². The zero-order chi connectivity index (χ0) is 20.0. The lowest BCUT2D eigenvalue weighted by Gasteiger charge is -2.12. The van der Waals surface area contributed by atoms with Crippen LogP contribution in [0.5, 0.6) is 0 Å². The molecule has 27 heavy (non-hydrogen) atoms. The number of hydrogen-bond donors (Lipinski definition) is 0. The van der Waals surface area contributed by atoms with Gasteiger partial charge in [-0.2, -0.15) is 13.2 Å². The lowest BCUT2D eigenvalue weighted by atomic mass is 10.0. The molecule has 0 fully saturated rings. The minimum atomic E-state index is -4.57. The fraction of sp³-hybridized carbons (Fsp3) is 0.158. The van der Waals surface area contributed by atoms with Gasteiger partial charge in [-0.1, -0.05) is 24.3 Å². The van der Waals surface area contributed by atoms with E-state index in [4.69, 9.17) is 0 Å². The van der Waals surface area contributed by atoms with Crippen molar-refractivity contribution in [1.29, 1.82) is 0 Å². The summed E-state index contributed by atoms with van der Waals surface area (Å²) in [5.41, 5.74) is 0.513. The Kier molecular flexibility index (Phi) is 4.63. The maximum absolute atomic E-state index is 13.4. The van der Waals surface area contributed by atoms with E-state index in [9.17, 15) is 26.0 Å². The van der Waals surface area contributed by atoms with Gasteiger partial charge in [-0.25, -0.2) is 12.8 Å². The number of benzene rings is 2. The quantitative estimate of drug-likeness (QED) is 0.589. The molecule has 0 N–H and O–H groups in total. The first-order valence-corrected chi connectivity index (χ1v) is 9.71. The highest BCUT2D eigenvalue weighted by Gasteiger charge is 2.36. The molecule has 142 valence electrons. The third kappa shape index (κ3) is 3.75. The van der Waals surface area contributed by atoms with Crippen LogP contribution < -0.4 is 0 Å². The number of hydrogen-bond acceptors (Lipinski definition) is 2. The van der Waals surface area contributed by atoms with Crippen LogP contribution in [0.4, 0.5) is 17.6 Å². The van der Waals surface area contributed by atoms with Gasteiger partial charge >= 0.3 is 6.18 Å². The lowest BCUT2D eigenvalue weighted by Crippen LogP contribution is -2.11. The van der Waals surface area contributed by atoms with Gasteiger partial charge in [0.15, 0.2) is 9.84 Å². The molecule has 0 saturated heterocycles. The standard InChI is InChI=1S/C19H15F4NO2S/c1-24-17(19(21,22)23)11-16(12-3-7-14(20)8-4-12)18(24)13-5-9-15(10-6-13)27(2,25)26/h3-11H,1-2H3. The van der Waals surface area contributed by atoms with Gasteiger partial charge in [0.25, 0.3) is 0 Å². The summed E-state index contributed by atoms with van der Waals surface area (Å²) < 4.78 is 77.6. The summed E-state index contributed by atoms with van der Waals surface area (Å²) >= 11 is 0. The van der Waals surface area contributed by atoms with Gasteiger partial charge in [0.2, 0.25) is 0 Å². The third-order valence-electron chi connectivity index (χ3n) is 4.23. The van der Waals surface area contributed by atoms with Crippen molar-refractivity contribution >= 4 is 9.84 Å². The van der Waals surface area contributed by atoms with E-state index in [1.165, 1.54) is 55.6 Å². The first-order valence-electron chi connectivity index (χ1n) is 7.82. The van der Waals surface area contributed by atoms with E-state index in [0.717, 1.165) is 16.9 Å². The molecule has 3 aromatic rings. The van der Waals surface area contributed by atoms with Crippen molar-refractivity contribution in [3.63, 3.8) is 0 Å². The molecule has 0 amide bonds. The zero-order valence-corrected chi connectivity index (χ0v) is 15.2. The predicted molar refractivity (Wildman–Crippen MR) is 94.4 cm³/mol. The Labute approximate surface area is 153 Å². The molecular weight excluding hydrogens is 382 g/mol. The molecule has 0 aliphatic carbocycles. The smallest absolute Gasteiger partial charge is 0.340 e. The summed E-state index contributed by atoms with van der Waals surface area (Å²) in [5.74, 6) is -0.496. The summed E-state index contributed by atoms with van der Waals surface area (Å²) in [7, 11) is -2.14. The van der Waals surface area contributed by atoms with Crippen LogP contribution in [0.15, 0.2) is 59.5 Å². The number of rotatable bonds is 3. The fourth-order valence-corrected chi connectivity index (χ4v) is 3.56. The van der Waals surface area contributed by atoms with E-state index in [0.29, 0.717) is 11.1 Å². The zero-order valence-electron chi connectivity index (χ0n) is 14.4. The number of alkyl halides is 3. The van der Waals surface area contributed by atoms with Gasteiger partial charge in [0, 0.05) is 18.9 Å². The van der Waals surface area contributed by atoms with Crippen LogP contribution in [0.25, 0.3) is 22.4 Å². The largest absolute Gasteiger partial charge is 0.431 e. The second kappa shape index (κ2) is 6.53. The monoisotopic (exact) mass is 397 g/mol. The molecule has 2 aromatic carbocycles. The Morgan fingerprint density at radius 3 is 1.89 bits per heavy atom. The Hall–Kier alpha value is -2.61. The second-order valence-corrected chi connectivity index (χ2v) is 8.17. The molecule has 8 heteroatoms. The summed E-state index contributed by atoms with van der Waals surface area (Å²) in [6.45, 7) is 0. The van der Waals surface area contributed by atoms with Gasteiger partial charge in [0.05, 0.1) is 10.6 Å². The van der Waals surface area contributed by atoms with Crippen LogP contribution >= 0.6 is 0 Å². The maximum Gasteiger partial charge on any atom is 0.431 e. The van der Waals surface area contributed by atoms with Crippen molar-refractivity contribution < 1.29 is 26.0 Å². The van der Waals surface area contributed by atoms with Crippen LogP contribution in [-0.4, -0.2) is 19.2 Å². The van der Waals surface area contributed by atoms with Crippen LogP contribution in [0, 0.1) is 5.82 Å². The Bertz CT molecular complexity index is 1080. The van der Waals surface area contributed by atoms with Crippen molar-refractivity contribution in [2.24, 2.45) is 7.05 Å².